The van der Waals surface area contributed by atoms with E-state index in [4.69, 9.17) is 9.47 Å². The van der Waals surface area contributed by atoms with E-state index in [2.05, 4.69) is 0 Å². The topological polar surface area (TPSA) is 93.2 Å². The van der Waals surface area contributed by atoms with E-state index < -0.39 is 33.7 Å². The van der Waals surface area contributed by atoms with Gasteiger partial charge in [0.25, 0.3) is 0 Å². The Morgan fingerprint density at radius 2 is 1.66 bits per heavy atom. The molecule has 2 aliphatic rings. The molecule has 1 aliphatic carbocycles. The second-order valence-corrected chi connectivity index (χ2v) is 12.8. The second-order valence-electron chi connectivity index (χ2n) is 10.9. The number of nitrogens with zero attached hydrogens (tertiary/aromatic N) is 2. The monoisotopic (exact) mass is 508 g/mol. The van der Waals surface area contributed by atoms with Crippen LogP contribution < -0.4 is 0 Å². The maximum Gasteiger partial charge on any atom is 0.411 e. The van der Waals surface area contributed by atoms with Crippen LogP contribution in [-0.2, 0) is 30.8 Å². The van der Waals surface area contributed by atoms with E-state index in [-0.39, 0.29) is 12.1 Å². The summed E-state index contributed by atoms with van der Waals surface area (Å²) in [5, 5.41) is 0. The zero-order chi connectivity index (χ0) is 25.8. The van der Waals surface area contributed by atoms with E-state index in [0.717, 1.165) is 44.1 Å². The van der Waals surface area contributed by atoms with Crippen LogP contribution in [0.5, 0.6) is 0 Å². The number of esters is 1. The Kier molecular flexibility index (Phi) is 8.86. The van der Waals surface area contributed by atoms with E-state index in [9.17, 15) is 18.0 Å². The quantitative estimate of drug-likeness (QED) is 0.509. The number of amides is 1. The number of carbonyl (C=O) groups excluding carboxylic acids is 2. The first-order valence-electron chi connectivity index (χ1n) is 12.5. The summed E-state index contributed by atoms with van der Waals surface area (Å²) in [5.74, 6) is -0.0532. The van der Waals surface area contributed by atoms with E-state index in [1.165, 1.54) is 13.4 Å². The Labute approximate surface area is 210 Å². The van der Waals surface area contributed by atoms with Gasteiger partial charge >= 0.3 is 12.1 Å². The highest BCUT2D eigenvalue weighted by atomic mass is 32.2. The average Bonchev–Trinajstić information content (AvgIpc) is 3.20. The number of sulfonamides is 1. The van der Waals surface area contributed by atoms with Crippen molar-refractivity contribution in [3.8, 4) is 0 Å². The van der Waals surface area contributed by atoms with Crippen molar-refractivity contribution < 1.29 is 27.5 Å². The maximum absolute atomic E-state index is 13.0. The highest BCUT2D eigenvalue weighted by Crippen LogP contribution is 2.37. The van der Waals surface area contributed by atoms with Crippen LogP contribution in [0.25, 0.3) is 0 Å². The lowest BCUT2D eigenvalue weighted by atomic mass is 9.82. The molecule has 2 atom stereocenters. The van der Waals surface area contributed by atoms with Crippen molar-refractivity contribution in [1.82, 2.24) is 9.21 Å². The molecule has 0 N–H and O–H groups in total. The molecule has 1 saturated heterocycles. The third kappa shape index (κ3) is 7.43. The third-order valence-electron chi connectivity index (χ3n) is 7.02. The van der Waals surface area contributed by atoms with Gasteiger partial charge in [0, 0.05) is 18.6 Å². The Bertz CT molecular complexity index is 967. The highest BCUT2D eigenvalue weighted by Gasteiger charge is 2.44. The van der Waals surface area contributed by atoms with Crippen molar-refractivity contribution in [2.75, 3.05) is 13.4 Å². The van der Waals surface area contributed by atoms with Gasteiger partial charge in [0.1, 0.15) is 11.6 Å². The summed E-state index contributed by atoms with van der Waals surface area (Å²) in [5.41, 5.74) is 0.324. The zero-order valence-electron chi connectivity index (χ0n) is 21.6. The fourth-order valence-corrected chi connectivity index (χ4v) is 6.54. The molecule has 0 aromatic heterocycles. The Hall–Kier alpha value is -2.13. The number of rotatable bonds is 7. The molecule has 0 spiro atoms. The first kappa shape index (κ1) is 27.5. The lowest BCUT2D eigenvalue weighted by molar-refractivity contribution is -0.146. The van der Waals surface area contributed by atoms with E-state index in [0.29, 0.717) is 18.9 Å². The van der Waals surface area contributed by atoms with Gasteiger partial charge in [0.2, 0.25) is 10.0 Å². The fourth-order valence-electron chi connectivity index (χ4n) is 5.41. The lowest BCUT2D eigenvalue weighted by Gasteiger charge is -2.38. The van der Waals surface area contributed by atoms with Crippen molar-refractivity contribution in [2.24, 2.45) is 5.92 Å². The minimum absolute atomic E-state index is 0.0326. The molecule has 3 rings (SSSR count). The molecule has 1 aromatic rings. The highest BCUT2D eigenvalue weighted by molar-refractivity contribution is 7.88. The molecule has 8 nitrogen and oxygen atoms in total. The molecule has 0 bridgehead atoms. The average molecular weight is 509 g/mol. The van der Waals surface area contributed by atoms with Gasteiger partial charge in [-0.25, -0.2) is 18.0 Å². The standard InChI is InChI=1S/C26H40N2O6S/c1-26(2,3)34-25(30)28-22(15-16-23(28)24(29)33-4)17-19-11-13-21(14-12-19)27(35(5,31)32)18-20-9-7-6-8-10-20/h6-10,19,21-23H,11-18H2,1-5H3/t19?,21?,22-,23+/m0/s1. The molecular formula is C26H40N2O6S. The Balaban J connectivity index is 1.65. The van der Waals surface area contributed by atoms with Crippen molar-refractivity contribution in [3.05, 3.63) is 35.9 Å². The van der Waals surface area contributed by atoms with Gasteiger partial charge in [0.05, 0.1) is 13.4 Å². The van der Waals surface area contributed by atoms with Gasteiger partial charge in [-0.1, -0.05) is 30.3 Å². The first-order valence-corrected chi connectivity index (χ1v) is 14.3. The molecule has 0 radical (unpaired) electrons. The van der Waals surface area contributed by atoms with Crippen molar-refractivity contribution in [1.29, 1.82) is 0 Å². The van der Waals surface area contributed by atoms with Gasteiger partial charge < -0.3 is 9.47 Å². The van der Waals surface area contributed by atoms with Crippen LogP contribution in [-0.4, -0.2) is 66.8 Å². The molecule has 0 unspecified atom stereocenters. The van der Waals surface area contributed by atoms with Crippen LogP contribution in [0, 0.1) is 5.92 Å². The van der Waals surface area contributed by atoms with Crippen LogP contribution >= 0.6 is 0 Å². The molecule has 1 aromatic carbocycles. The largest absolute Gasteiger partial charge is 0.467 e. The molecule has 2 fully saturated rings. The van der Waals surface area contributed by atoms with Gasteiger partial charge in [-0.2, -0.15) is 4.31 Å². The van der Waals surface area contributed by atoms with Crippen LogP contribution in [0.15, 0.2) is 30.3 Å². The molecule has 1 saturated carbocycles. The molecule has 1 amide bonds. The summed E-state index contributed by atoms with van der Waals surface area (Å²) in [6, 6.07) is 8.93. The van der Waals surface area contributed by atoms with Crippen LogP contribution in [0.4, 0.5) is 4.79 Å². The lowest BCUT2D eigenvalue weighted by Crippen LogP contribution is -2.48. The van der Waals surface area contributed by atoms with Crippen molar-refractivity contribution in [3.63, 3.8) is 0 Å². The zero-order valence-corrected chi connectivity index (χ0v) is 22.4. The number of hydrogen-bond acceptors (Lipinski definition) is 6. The van der Waals surface area contributed by atoms with E-state index in [1.807, 2.05) is 51.1 Å². The van der Waals surface area contributed by atoms with Crippen LogP contribution in [0.1, 0.15) is 71.3 Å². The van der Waals surface area contributed by atoms with Crippen LogP contribution in [0.3, 0.4) is 0 Å². The second kappa shape index (κ2) is 11.3. The fraction of sp³-hybridized carbons (Fsp3) is 0.692. The Morgan fingerprint density at radius 3 is 2.20 bits per heavy atom. The predicted octanol–water partition coefficient (Wildman–Crippen LogP) is 4.34. The van der Waals surface area contributed by atoms with Gasteiger partial charge in [-0.15, -0.1) is 0 Å². The maximum atomic E-state index is 13.0. The summed E-state index contributed by atoms with van der Waals surface area (Å²) in [6.07, 6.45) is 6.19. The smallest absolute Gasteiger partial charge is 0.411 e. The predicted molar refractivity (Wildman–Crippen MR) is 134 cm³/mol. The van der Waals surface area contributed by atoms with Crippen molar-refractivity contribution in [2.45, 2.75) is 96.0 Å². The molecule has 9 heteroatoms. The normalized spacial score (nSPS) is 25.5. The summed E-state index contributed by atoms with van der Waals surface area (Å²) in [4.78, 5) is 26.9. The number of hydrogen-bond donors (Lipinski definition) is 0. The molecular weight excluding hydrogens is 468 g/mol. The number of ether oxygens (including phenoxy) is 2. The molecule has 1 aliphatic heterocycles. The molecule has 1 heterocycles. The number of carbonyl (C=O) groups is 2. The summed E-state index contributed by atoms with van der Waals surface area (Å²) in [6.45, 7) is 5.82. The summed E-state index contributed by atoms with van der Waals surface area (Å²) in [7, 11) is -2.01. The van der Waals surface area contributed by atoms with Crippen LogP contribution in [0.2, 0.25) is 0 Å². The van der Waals surface area contributed by atoms with Gasteiger partial charge in [-0.3, -0.25) is 4.90 Å². The summed E-state index contributed by atoms with van der Waals surface area (Å²) < 4.78 is 37.4. The minimum atomic E-state index is -3.35. The number of methoxy groups -OCH3 is 1. The SMILES string of the molecule is COC(=O)[C@H]1CC[C@@H](CC2CCC(N(Cc3ccccc3)S(C)(=O)=O)CC2)N1C(=O)OC(C)(C)C. The Morgan fingerprint density at radius 1 is 1.03 bits per heavy atom. The number of benzene rings is 1. The van der Waals surface area contributed by atoms with E-state index in [1.54, 1.807) is 9.21 Å². The van der Waals surface area contributed by atoms with Crippen molar-refractivity contribution >= 4 is 22.1 Å². The van der Waals surface area contributed by atoms with Gasteiger partial charge in [-0.05, 0) is 77.2 Å². The van der Waals surface area contributed by atoms with E-state index >= 15 is 0 Å². The molecule has 35 heavy (non-hydrogen) atoms. The first-order chi connectivity index (χ1) is 16.4. The molecule has 196 valence electrons. The summed E-state index contributed by atoms with van der Waals surface area (Å²) >= 11 is 0. The third-order valence-corrected chi connectivity index (χ3v) is 8.30. The minimum Gasteiger partial charge on any atom is -0.467 e. The van der Waals surface area contributed by atoms with Gasteiger partial charge in [0.15, 0.2) is 0 Å². The number of likely N-dealkylation sites (tertiary alicyclic amines) is 1.